The highest BCUT2D eigenvalue weighted by atomic mass is 79.9. The summed E-state index contributed by atoms with van der Waals surface area (Å²) in [6.07, 6.45) is 8.34. The fourth-order valence-corrected chi connectivity index (χ4v) is 1.21. The lowest BCUT2D eigenvalue weighted by molar-refractivity contribution is -0.00000243. The molecule has 1 aliphatic rings. The highest BCUT2D eigenvalue weighted by Gasteiger charge is 2.08. The Morgan fingerprint density at radius 3 is 2.83 bits per heavy atom. The standard InChI is InChI=1S/C10H15N.BrH/c1-4-10-7-6-9(3)11(5-2)8-10;/h4,6-9H,1,5H2,2-3H3;1H/p-1. The summed E-state index contributed by atoms with van der Waals surface area (Å²) < 4.78 is 0. The number of hydrogen-bond acceptors (Lipinski definition) is 1. The Labute approximate surface area is 85.2 Å². The predicted molar refractivity (Wildman–Crippen MR) is 49.3 cm³/mol. The van der Waals surface area contributed by atoms with Gasteiger partial charge in [-0.3, -0.25) is 0 Å². The fourth-order valence-electron chi connectivity index (χ4n) is 1.21. The Kier molecular flexibility index (Phi) is 4.98. The molecule has 0 spiro atoms. The van der Waals surface area contributed by atoms with E-state index < -0.39 is 0 Å². The molecule has 12 heavy (non-hydrogen) atoms. The van der Waals surface area contributed by atoms with Gasteiger partial charge in [0.15, 0.2) is 0 Å². The molecule has 1 atom stereocenters. The van der Waals surface area contributed by atoms with E-state index in [2.05, 4.69) is 43.7 Å². The van der Waals surface area contributed by atoms with E-state index in [0.717, 1.165) is 6.54 Å². The zero-order valence-electron chi connectivity index (χ0n) is 7.63. The maximum absolute atomic E-state index is 3.73. The van der Waals surface area contributed by atoms with Gasteiger partial charge in [0.1, 0.15) is 0 Å². The first-order chi connectivity index (χ1) is 5.27. The van der Waals surface area contributed by atoms with Crippen molar-refractivity contribution in [3.05, 3.63) is 36.6 Å². The lowest BCUT2D eigenvalue weighted by atomic mass is 10.1. The van der Waals surface area contributed by atoms with Crippen molar-refractivity contribution >= 4 is 0 Å². The molecule has 0 fully saturated rings. The number of hydrogen-bond donors (Lipinski definition) is 0. The average molecular weight is 229 g/mol. The van der Waals surface area contributed by atoms with Gasteiger partial charge in [0.2, 0.25) is 0 Å². The number of rotatable bonds is 2. The van der Waals surface area contributed by atoms with Crippen LogP contribution < -0.4 is 17.0 Å². The number of allylic oxidation sites excluding steroid dienone is 3. The first kappa shape index (κ1) is 11.5. The summed E-state index contributed by atoms with van der Waals surface area (Å²) >= 11 is 0. The number of halogens is 1. The van der Waals surface area contributed by atoms with Crippen LogP contribution in [0.2, 0.25) is 0 Å². The molecular formula is C10H15BrN-. The second-order valence-electron chi connectivity index (χ2n) is 2.76. The van der Waals surface area contributed by atoms with Crippen LogP contribution in [-0.4, -0.2) is 17.5 Å². The monoisotopic (exact) mass is 228 g/mol. The molecule has 2 heteroatoms. The van der Waals surface area contributed by atoms with Gasteiger partial charge in [-0.25, -0.2) is 0 Å². The Morgan fingerprint density at radius 2 is 2.33 bits per heavy atom. The van der Waals surface area contributed by atoms with Gasteiger partial charge < -0.3 is 21.9 Å². The third-order valence-corrected chi connectivity index (χ3v) is 2.01. The van der Waals surface area contributed by atoms with Crippen LogP contribution in [-0.2, 0) is 0 Å². The van der Waals surface area contributed by atoms with Crippen LogP contribution >= 0.6 is 0 Å². The van der Waals surface area contributed by atoms with Gasteiger partial charge in [-0.2, -0.15) is 0 Å². The maximum Gasteiger partial charge on any atom is 0.0442 e. The molecule has 0 saturated carbocycles. The van der Waals surface area contributed by atoms with Crippen molar-refractivity contribution in [2.24, 2.45) is 0 Å². The molecule has 1 heterocycles. The highest BCUT2D eigenvalue weighted by molar-refractivity contribution is 5.32. The third kappa shape index (κ3) is 2.52. The summed E-state index contributed by atoms with van der Waals surface area (Å²) in [5, 5.41) is 0. The lowest BCUT2D eigenvalue weighted by Crippen LogP contribution is -3.00. The van der Waals surface area contributed by atoms with Gasteiger partial charge in [0.25, 0.3) is 0 Å². The first-order valence-electron chi connectivity index (χ1n) is 4.06. The van der Waals surface area contributed by atoms with Crippen LogP contribution in [0.3, 0.4) is 0 Å². The van der Waals surface area contributed by atoms with E-state index in [0.29, 0.717) is 6.04 Å². The fraction of sp³-hybridized carbons (Fsp3) is 0.400. The van der Waals surface area contributed by atoms with Crippen LogP contribution in [0.4, 0.5) is 0 Å². The quantitative estimate of drug-likeness (QED) is 0.607. The van der Waals surface area contributed by atoms with Gasteiger partial charge in [-0.15, -0.1) is 0 Å². The van der Waals surface area contributed by atoms with Crippen molar-refractivity contribution in [1.82, 2.24) is 4.90 Å². The summed E-state index contributed by atoms with van der Waals surface area (Å²) in [6, 6.07) is 0.531. The predicted octanol–water partition coefficient (Wildman–Crippen LogP) is -0.659. The van der Waals surface area contributed by atoms with E-state index in [1.165, 1.54) is 5.57 Å². The van der Waals surface area contributed by atoms with Crippen LogP contribution in [0.25, 0.3) is 0 Å². The van der Waals surface area contributed by atoms with Crippen molar-refractivity contribution in [2.45, 2.75) is 19.9 Å². The molecule has 1 rings (SSSR count). The van der Waals surface area contributed by atoms with E-state index in [1.54, 1.807) is 0 Å². The smallest absolute Gasteiger partial charge is 0.0442 e. The first-order valence-corrected chi connectivity index (χ1v) is 4.06. The molecule has 0 aromatic heterocycles. The Bertz CT molecular complexity index is 206. The molecule has 0 aromatic rings. The van der Waals surface area contributed by atoms with Crippen molar-refractivity contribution in [1.29, 1.82) is 0 Å². The minimum absolute atomic E-state index is 0. The van der Waals surface area contributed by atoms with Crippen molar-refractivity contribution in [3.8, 4) is 0 Å². The summed E-state index contributed by atoms with van der Waals surface area (Å²) in [4.78, 5) is 2.29. The molecule has 0 amide bonds. The molecule has 1 unspecified atom stereocenters. The van der Waals surface area contributed by atoms with Crippen LogP contribution in [0.15, 0.2) is 36.6 Å². The van der Waals surface area contributed by atoms with E-state index >= 15 is 0 Å². The minimum Gasteiger partial charge on any atom is -1.00 e. The van der Waals surface area contributed by atoms with Gasteiger partial charge in [-0.05, 0) is 19.4 Å². The second-order valence-corrected chi connectivity index (χ2v) is 2.76. The van der Waals surface area contributed by atoms with E-state index in [-0.39, 0.29) is 17.0 Å². The molecular weight excluding hydrogens is 214 g/mol. The molecule has 0 aliphatic carbocycles. The summed E-state index contributed by atoms with van der Waals surface area (Å²) in [7, 11) is 0. The normalized spacial score (nSPS) is 21.3. The Balaban J connectivity index is 0.00000121. The van der Waals surface area contributed by atoms with Crippen LogP contribution in [0.5, 0.6) is 0 Å². The molecule has 68 valence electrons. The molecule has 0 saturated heterocycles. The largest absolute Gasteiger partial charge is 1.00 e. The average Bonchev–Trinajstić information content (AvgIpc) is 2.05. The summed E-state index contributed by atoms with van der Waals surface area (Å²) in [5.41, 5.74) is 1.20. The summed E-state index contributed by atoms with van der Waals surface area (Å²) in [5.74, 6) is 0. The second kappa shape index (κ2) is 5.20. The van der Waals surface area contributed by atoms with E-state index in [4.69, 9.17) is 0 Å². The van der Waals surface area contributed by atoms with Gasteiger partial charge in [-0.1, -0.05) is 24.8 Å². The SMILES string of the molecule is C=CC1=CN(CC)C(C)C=C1.[Br-]. The molecule has 0 aromatic carbocycles. The van der Waals surface area contributed by atoms with Gasteiger partial charge in [0.05, 0.1) is 0 Å². The van der Waals surface area contributed by atoms with E-state index in [1.807, 2.05) is 6.08 Å². The summed E-state index contributed by atoms with van der Waals surface area (Å²) in [6.45, 7) is 9.14. The van der Waals surface area contributed by atoms with Crippen molar-refractivity contribution in [3.63, 3.8) is 0 Å². The van der Waals surface area contributed by atoms with Gasteiger partial charge in [0, 0.05) is 18.8 Å². The topological polar surface area (TPSA) is 3.24 Å². The highest BCUT2D eigenvalue weighted by Crippen LogP contribution is 2.12. The zero-order chi connectivity index (χ0) is 8.27. The molecule has 1 aliphatic heterocycles. The number of nitrogens with zero attached hydrogens (tertiary/aromatic N) is 1. The molecule has 0 N–H and O–H groups in total. The molecule has 0 radical (unpaired) electrons. The number of likely N-dealkylation sites (N-methyl/N-ethyl adjacent to an activating group) is 1. The Morgan fingerprint density at radius 1 is 1.67 bits per heavy atom. The molecule has 1 nitrogen and oxygen atoms in total. The van der Waals surface area contributed by atoms with Crippen LogP contribution in [0.1, 0.15) is 13.8 Å². The van der Waals surface area contributed by atoms with Crippen LogP contribution in [0, 0.1) is 0 Å². The van der Waals surface area contributed by atoms with Crippen molar-refractivity contribution < 1.29 is 17.0 Å². The zero-order valence-corrected chi connectivity index (χ0v) is 9.21. The Hall–Kier alpha value is -0.500. The van der Waals surface area contributed by atoms with Gasteiger partial charge >= 0.3 is 0 Å². The maximum atomic E-state index is 3.73. The minimum atomic E-state index is 0. The molecule has 0 bridgehead atoms. The lowest BCUT2D eigenvalue weighted by Gasteiger charge is -2.27. The third-order valence-electron chi connectivity index (χ3n) is 2.01. The van der Waals surface area contributed by atoms with Crippen molar-refractivity contribution in [2.75, 3.05) is 6.54 Å². The van der Waals surface area contributed by atoms with E-state index in [9.17, 15) is 0 Å².